The van der Waals surface area contributed by atoms with Gasteiger partial charge in [-0.15, -0.1) is 0 Å². The Labute approximate surface area is 95.4 Å². The van der Waals surface area contributed by atoms with Crippen molar-refractivity contribution in [3.63, 3.8) is 0 Å². The molecule has 0 radical (unpaired) electrons. The fraction of sp³-hybridized carbons (Fsp3) is 0.385. The third-order valence-corrected chi connectivity index (χ3v) is 2.53. The summed E-state index contributed by atoms with van der Waals surface area (Å²) in [6, 6.07) is 6.07. The molecular formula is C13H16O3. The molecule has 0 saturated carbocycles. The molecule has 0 aliphatic carbocycles. The minimum Gasteiger partial charge on any atom is -0.463 e. The summed E-state index contributed by atoms with van der Waals surface area (Å²) in [6.45, 7) is 4.03. The van der Waals surface area contributed by atoms with Crippen LogP contribution in [-0.4, -0.2) is 18.9 Å². The van der Waals surface area contributed by atoms with Gasteiger partial charge in [0, 0.05) is 6.42 Å². The van der Waals surface area contributed by atoms with Crippen molar-refractivity contribution >= 4 is 11.8 Å². The number of carbonyl (C=O) groups excluding carboxylic acids is 2. The number of carbonyl (C=O) groups is 2. The van der Waals surface area contributed by atoms with E-state index in [1.54, 1.807) is 0 Å². The average Bonchev–Trinajstić information content (AvgIpc) is 2.26. The number of ether oxygens (including phenoxy) is 1. The van der Waals surface area contributed by atoms with Crippen molar-refractivity contribution in [2.75, 3.05) is 7.11 Å². The number of ketones is 1. The van der Waals surface area contributed by atoms with E-state index in [0.29, 0.717) is 6.42 Å². The van der Waals surface area contributed by atoms with Crippen LogP contribution in [0.15, 0.2) is 18.2 Å². The summed E-state index contributed by atoms with van der Waals surface area (Å²) in [5, 5.41) is 0. The van der Waals surface area contributed by atoms with E-state index in [1.807, 2.05) is 26.0 Å². The molecule has 1 rings (SSSR count). The van der Waals surface area contributed by atoms with E-state index in [9.17, 15) is 9.59 Å². The summed E-state index contributed by atoms with van der Waals surface area (Å²) in [7, 11) is 1.22. The van der Waals surface area contributed by atoms with Gasteiger partial charge in [-0.25, -0.2) is 4.79 Å². The topological polar surface area (TPSA) is 43.4 Å². The fourth-order valence-electron chi connectivity index (χ4n) is 1.59. The Bertz CT molecular complexity index is 408. The zero-order chi connectivity index (χ0) is 12.1. The van der Waals surface area contributed by atoms with Crippen LogP contribution in [0.1, 0.15) is 23.1 Å². The van der Waals surface area contributed by atoms with Gasteiger partial charge in [-0.3, -0.25) is 4.79 Å². The molecule has 0 heterocycles. The van der Waals surface area contributed by atoms with Crippen LogP contribution in [0.2, 0.25) is 0 Å². The van der Waals surface area contributed by atoms with Gasteiger partial charge in [-0.05, 0) is 31.4 Å². The highest BCUT2D eigenvalue weighted by Crippen LogP contribution is 2.12. The minimum absolute atomic E-state index is 0.205. The van der Waals surface area contributed by atoms with Gasteiger partial charge in [0.1, 0.15) is 0 Å². The Balaban J connectivity index is 2.61. The van der Waals surface area contributed by atoms with Crippen LogP contribution < -0.4 is 0 Å². The van der Waals surface area contributed by atoms with E-state index in [2.05, 4.69) is 10.8 Å². The summed E-state index contributed by atoms with van der Waals surface area (Å²) >= 11 is 0. The SMILES string of the molecule is COC(=O)C(=O)CCc1ccc(C)cc1C. The summed E-state index contributed by atoms with van der Waals surface area (Å²) in [6.07, 6.45) is 0.788. The molecule has 3 nitrogen and oxygen atoms in total. The van der Waals surface area contributed by atoms with Crippen molar-refractivity contribution in [3.8, 4) is 0 Å². The second-order valence-corrected chi connectivity index (χ2v) is 3.84. The van der Waals surface area contributed by atoms with Gasteiger partial charge in [0.15, 0.2) is 0 Å². The van der Waals surface area contributed by atoms with E-state index in [-0.39, 0.29) is 6.42 Å². The number of Topliss-reactive ketones (excluding diaryl/α,β-unsaturated/α-hetero) is 1. The van der Waals surface area contributed by atoms with Gasteiger partial charge in [0.25, 0.3) is 0 Å². The lowest BCUT2D eigenvalue weighted by atomic mass is 10.0. The number of hydrogen-bond donors (Lipinski definition) is 0. The summed E-state index contributed by atoms with van der Waals surface area (Å²) < 4.78 is 4.36. The van der Waals surface area contributed by atoms with E-state index in [0.717, 1.165) is 11.1 Å². The first-order valence-electron chi connectivity index (χ1n) is 5.22. The molecule has 16 heavy (non-hydrogen) atoms. The van der Waals surface area contributed by atoms with Crippen LogP contribution in [0.5, 0.6) is 0 Å². The van der Waals surface area contributed by atoms with Crippen molar-refractivity contribution in [1.82, 2.24) is 0 Å². The minimum atomic E-state index is -0.759. The maximum absolute atomic E-state index is 11.3. The Hall–Kier alpha value is -1.64. The number of aryl methyl sites for hydroxylation is 3. The molecule has 0 amide bonds. The molecule has 0 N–H and O–H groups in total. The van der Waals surface area contributed by atoms with E-state index in [1.165, 1.54) is 12.7 Å². The third kappa shape index (κ3) is 3.19. The predicted octanol–water partition coefficient (Wildman–Crippen LogP) is 1.98. The normalized spacial score (nSPS) is 9.94. The van der Waals surface area contributed by atoms with E-state index < -0.39 is 11.8 Å². The molecule has 0 atom stereocenters. The van der Waals surface area contributed by atoms with Crippen LogP contribution in [0, 0.1) is 13.8 Å². The van der Waals surface area contributed by atoms with Gasteiger partial charge < -0.3 is 4.74 Å². The van der Waals surface area contributed by atoms with Gasteiger partial charge in [-0.2, -0.15) is 0 Å². The number of rotatable bonds is 4. The van der Waals surface area contributed by atoms with Crippen molar-refractivity contribution in [1.29, 1.82) is 0 Å². The molecule has 0 aromatic heterocycles. The second-order valence-electron chi connectivity index (χ2n) is 3.84. The molecule has 0 aliphatic rings. The summed E-state index contributed by atoms with van der Waals surface area (Å²) in [5.41, 5.74) is 3.45. The van der Waals surface area contributed by atoms with Crippen molar-refractivity contribution < 1.29 is 14.3 Å². The second kappa shape index (κ2) is 5.45. The lowest BCUT2D eigenvalue weighted by molar-refractivity contribution is -0.151. The molecule has 0 unspecified atom stereocenters. The Morgan fingerprint density at radius 2 is 1.94 bits per heavy atom. The first-order valence-corrected chi connectivity index (χ1v) is 5.22. The quantitative estimate of drug-likeness (QED) is 0.575. The molecule has 0 aliphatic heterocycles. The molecule has 0 fully saturated rings. The summed E-state index contributed by atoms with van der Waals surface area (Å²) in [5.74, 6) is -1.23. The number of benzene rings is 1. The standard InChI is InChI=1S/C13H16O3/c1-9-4-5-11(10(2)8-9)6-7-12(14)13(15)16-3/h4-5,8H,6-7H2,1-3H3. The van der Waals surface area contributed by atoms with Crippen LogP contribution in [0.4, 0.5) is 0 Å². The summed E-state index contributed by atoms with van der Waals surface area (Å²) in [4.78, 5) is 22.2. The van der Waals surface area contributed by atoms with Gasteiger partial charge in [-0.1, -0.05) is 23.8 Å². The molecule has 86 valence electrons. The molecule has 1 aromatic rings. The van der Waals surface area contributed by atoms with Gasteiger partial charge in [0.2, 0.25) is 5.78 Å². The number of esters is 1. The van der Waals surface area contributed by atoms with Crippen molar-refractivity contribution in [2.24, 2.45) is 0 Å². The maximum atomic E-state index is 11.3. The first-order chi connectivity index (χ1) is 7.54. The number of hydrogen-bond acceptors (Lipinski definition) is 3. The first kappa shape index (κ1) is 12.4. The van der Waals surface area contributed by atoms with Gasteiger partial charge in [0.05, 0.1) is 7.11 Å². The average molecular weight is 220 g/mol. The predicted molar refractivity (Wildman–Crippen MR) is 61.3 cm³/mol. The maximum Gasteiger partial charge on any atom is 0.374 e. The van der Waals surface area contributed by atoms with Crippen LogP contribution in [0.25, 0.3) is 0 Å². The monoisotopic (exact) mass is 220 g/mol. The zero-order valence-electron chi connectivity index (χ0n) is 9.87. The highest BCUT2D eigenvalue weighted by Gasteiger charge is 2.13. The van der Waals surface area contributed by atoms with Crippen LogP contribution in [-0.2, 0) is 20.7 Å². The third-order valence-electron chi connectivity index (χ3n) is 2.53. The molecule has 3 heteroatoms. The molecule has 0 bridgehead atoms. The Morgan fingerprint density at radius 1 is 1.25 bits per heavy atom. The largest absolute Gasteiger partial charge is 0.463 e. The number of methoxy groups -OCH3 is 1. The highest BCUT2D eigenvalue weighted by atomic mass is 16.5. The highest BCUT2D eigenvalue weighted by molar-refractivity contribution is 6.33. The van der Waals surface area contributed by atoms with E-state index in [4.69, 9.17) is 0 Å². The van der Waals surface area contributed by atoms with Gasteiger partial charge >= 0.3 is 5.97 Å². The van der Waals surface area contributed by atoms with E-state index >= 15 is 0 Å². The van der Waals surface area contributed by atoms with Crippen LogP contribution >= 0.6 is 0 Å². The zero-order valence-corrected chi connectivity index (χ0v) is 9.87. The van der Waals surface area contributed by atoms with Crippen molar-refractivity contribution in [2.45, 2.75) is 26.7 Å². The Morgan fingerprint density at radius 3 is 2.50 bits per heavy atom. The molecular weight excluding hydrogens is 204 g/mol. The van der Waals surface area contributed by atoms with Crippen LogP contribution in [0.3, 0.4) is 0 Å². The fourth-order valence-corrected chi connectivity index (χ4v) is 1.59. The molecule has 1 aromatic carbocycles. The smallest absolute Gasteiger partial charge is 0.374 e. The molecule has 0 spiro atoms. The van der Waals surface area contributed by atoms with Crippen molar-refractivity contribution in [3.05, 3.63) is 34.9 Å². The lowest BCUT2D eigenvalue weighted by Gasteiger charge is -2.05. The molecule has 0 saturated heterocycles. The Kier molecular flexibility index (Phi) is 4.23. The lowest BCUT2D eigenvalue weighted by Crippen LogP contribution is -2.16.